The van der Waals surface area contributed by atoms with E-state index in [0.29, 0.717) is 45.3 Å². The molecule has 1 aromatic carbocycles. The summed E-state index contributed by atoms with van der Waals surface area (Å²) in [6.45, 7) is 17.6. The summed E-state index contributed by atoms with van der Waals surface area (Å²) in [7, 11) is -1.23. The Morgan fingerprint density at radius 2 is 1.80 bits per heavy atom. The van der Waals surface area contributed by atoms with Crippen molar-refractivity contribution in [2.24, 2.45) is 0 Å². The average Bonchev–Trinajstić information content (AvgIpc) is 3.37. The highest BCUT2D eigenvalue weighted by Gasteiger charge is 2.28. The van der Waals surface area contributed by atoms with E-state index in [1.165, 1.54) is 0 Å². The molecule has 0 aliphatic carbocycles. The number of anilines is 2. The molecule has 3 amide bonds. The SMILES string of the molecule is CC(C)(C)OC(=O)N1CCC[C@H](NC(=O)Nc2ccc(-c3cc4c(N5CCOCC5)ncnc4n3COCC[Si](C)(C)C)cc2)C1. The molecule has 2 aromatic heterocycles. The molecule has 2 aliphatic heterocycles. The molecule has 13 heteroatoms. The third kappa shape index (κ3) is 8.98. The van der Waals surface area contributed by atoms with Gasteiger partial charge in [0.05, 0.1) is 24.3 Å². The van der Waals surface area contributed by atoms with Crippen LogP contribution in [-0.4, -0.2) is 97.3 Å². The first-order chi connectivity index (χ1) is 21.9. The van der Waals surface area contributed by atoms with Crippen molar-refractivity contribution in [3.8, 4) is 11.3 Å². The highest BCUT2D eigenvalue weighted by atomic mass is 28.3. The number of likely N-dealkylation sites (tertiary alicyclic amines) is 1. The number of carbonyl (C=O) groups excluding carboxylic acids is 2. The molecular weight excluding hydrogens is 602 g/mol. The van der Waals surface area contributed by atoms with Crippen molar-refractivity contribution in [2.75, 3.05) is 56.2 Å². The summed E-state index contributed by atoms with van der Waals surface area (Å²) in [5.74, 6) is 0.901. The summed E-state index contributed by atoms with van der Waals surface area (Å²) in [6.07, 6.45) is 2.87. The van der Waals surface area contributed by atoms with Gasteiger partial charge in [0.15, 0.2) is 0 Å². The molecule has 4 heterocycles. The molecule has 2 N–H and O–H groups in total. The van der Waals surface area contributed by atoms with E-state index < -0.39 is 13.7 Å². The van der Waals surface area contributed by atoms with Crippen LogP contribution in [-0.2, 0) is 20.9 Å². The molecule has 12 nitrogen and oxygen atoms in total. The first kappa shape index (κ1) is 33.7. The Balaban J connectivity index is 1.29. The highest BCUT2D eigenvalue weighted by Crippen LogP contribution is 2.33. The summed E-state index contributed by atoms with van der Waals surface area (Å²) in [5.41, 5.74) is 2.89. The van der Waals surface area contributed by atoms with Crippen LogP contribution in [0.2, 0.25) is 25.7 Å². The largest absolute Gasteiger partial charge is 0.444 e. The third-order valence-electron chi connectivity index (χ3n) is 8.04. The molecule has 250 valence electrons. The number of hydrogen-bond donors (Lipinski definition) is 2. The summed E-state index contributed by atoms with van der Waals surface area (Å²) in [5, 5.41) is 6.94. The van der Waals surface area contributed by atoms with Gasteiger partial charge in [0.2, 0.25) is 0 Å². The smallest absolute Gasteiger partial charge is 0.410 e. The van der Waals surface area contributed by atoms with Gasteiger partial charge in [0, 0.05) is 52.6 Å². The number of morpholine rings is 1. The molecule has 0 bridgehead atoms. The van der Waals surface area contributed by atoms with Crippen LogP contribution < -0.4 is 15.5 Å². The van der Waals surface area contributed by atoms with Crippen LogP contribution in [0.3, 0.4) is 0 Å². The van der Waals surface area contributed by atoms with Gasteiger partial charge in [-0.25, -0.2) is 19.6 Å². The zero-order valence-corrected chi connectivity index (χ0v) is 29.1. The molecule has 0 spiro atoms. The number of hydrogen-bond acceptors (Lipinski definition) is 8. The molecular formula is C33H49N7O5Si. The van der Waals surface area contributed by atoms with Gasteiger partial charge < -0.3 is 39.2 Å². The predicted octanol–water partition coefficient (Wildman–Crippen LogP) is 5.77. The normalized spacial score (nSPS) is 17.7. The van der Waals surface area contributed by atoms with E-state index in [4.69, 9.17) is 14.2 Å². The van der Waals surface area contributed by atoms with E-state index in [2.05, 4.69) is 55.8 Å². The number of nitrogens with one attached hydrogen (secondary N) is 2. The standard InChI is InChI=1S/C33H49N7O5Si/c1-33(2,3)45-32(42)39-13-7-8-26(21-39)37-31(41)36-25-11-9-24(10-12-25)28-20-27-29(38-14-16-43-17-15-38)34-22-35-30(27)40(28)23-44-18-19-46(4,5)6/h9-12,20,22,26H,7-8,13-19,21,23H2,1-6H3,(H2,36,37,41)/t26-/m0/s1. The fourth-order valence-corrected chi connectivity index (χ4v) is 6.40. The lowest BCUT2D eigenvalue weighted by Crippen LogP contribution is -2.51. The maximum absolute atomic E-state index is 12.9. The van der Waals surface area contributed by atoms with Gasteiger partial charge in [-0.05, 0) is 63.4 Å². The minimum Gasteiger partial charge on any atom is -0.444 e. The molecule has 1 atom stereocenters. The molecule has 3 aromatic rings. The molecule has 5 rings (SSSR count). The second-order valence-electron chi connectivity index (χ2n) is 14.3. The average molecular weight is 652 g/mol. The van der Waals surface area contributed by atoms with Crippen molar-refractivity contribution in [1.29, 1.82) is 0 Å². The van der Waals surface area contributed by atoms with E-state index in [1.807, 2.05) is 45.0 Å². The van der Waals surface area contributed by atoms with Gasteiger partial charge in [0.25, 0.3) is 0 Å². The van der Waals surface area contributed by atoms with Crippen LogP contribution >= 0.6 is 0 Å². The van der Waals surface area contributed by atoms with Crippen molar-refractivity contribution < 1.29 is 23.8 Å². The van der Waals surface area contributed by atoms with E-state index >= 15 is 0 Å². The molecule has 0 radical (unpaired) electrons. The van der Waals surface area contributed by atoms with Crippen molar-refractivity contribution in [3.63, 3.8) is 0 Å². The summed E-state index contributed by atoms with van der Waals surface area (Å²) in [4.78, 5) is 38.7. The second kappa shape index (κ2) is 14.4. The Hall–Kier alpha value is -3.68. The number of fused-ring (bicyclic) bond motifs is 1. The first-order valence-corrected chi connectivity index (χ1v) is 20.0. The molecule has 2 saturated heterocycles. The minimum atomic E-state index is -1.23. The number of aromatic nitrogens is 3. The lowest BCUT2D eigenvalue weighted by atomic mass is 10.1. The Morgan fingerprint density at radius 1 is 1.07 bits per heavy atom. The zero-order valence-electron chi connectivity index (χ0n) is 28.1. The lowest BCUT2D eigenvalue weighted by molar-refractivity contribution is 0.0191. The maximum Gasteiger partial charge on any atom is 0.410 e. The van der Waals surface area contributed by atoms with Gasteiger partial charge in [-0.3, -0.25) is 0 Å². The van der Waals surface area contributed by atoms with Crippen LogP contribution in [0.15, 0.2) is 36.7 Å². The molecule has 0 saturated carbocycles. The number of piperidine rings is 1. The third-order valence-corrected chi connectivity index (χ3v) is 9.75. The maximum atomic E-state index is 12.9. The Labute approximate surface area is 272 Å². The van der Waals surface area contributed by atoms with Crippen molar-refractivity contribution in [3.05, 3.63) is 36.7 Å². The number of rotatable bonds is 9. The van der Waals surface area contributed by atoms with Gasteiger partial charge in [-0.2, -0.15) is 0 Å². The number of carbonyl (C=O) groups is 2. The molecule has 2 aliphatic rings. The number of ether oxygens (including phenoxy) is 3. The van der Waals surface area contributed by atoms with Gasteiger partial charge in [0.1, 0.15) is 30.1 Å². The molecule has 0 unspecified atom stereocenters. The molecule has 2 fully saturated rings. The van der Waals surface area contributed by atoms with Gasteiger partial charge in [-0.1, -0.05) is 31.8 Å². The van der Waals surface area contributed by atoms with Crippen LogP contribution in [0.4, 0.5) is 21.1 Å². The van der Waals surface area contributed by atoms with E-state index in [0.717, 1.165) is 60.1 Å². The van der Waals surface area contributed by atoms with Crippen molar-refractivity contribution >= 4 is 42.7 Å². The van der Waals surface area contributed by atoms with Crippen molar-refractivity contribution in [1.82, 2.24) is 24.8 Å². The van der Waals surface area contributed by atoms with Crippen LogP contribution in [0.5, 0.6) is 0 Å². The lowest BCUT2D eigenvalue weighted by Gasteiger charge is -2.34. The molecule has 46 heavy (non-hydrogen) atoms. The van der Waals surface area contributed by atoms with E-state index in [1.54, 1.807) is 11.2 Å². The Morgan fingerprint density at radius 3 is 2.50 bits per heavy atom. The van der Waals surface area contributed by atoms with Crippen LogP contribution in [0.25, 0.3) is 22.3 Å². The Bertz CT molecular complexity index is 1490. The van der Waals surface area contributed by atoms with Gasteiger partial charge >= 0.3 is 12.1 Å². The first-order valence-electron chi connectivity index (χ1n) is 16.3. The minimum absolute atomic E-state index is 0.154. The highest BCUT2D eigenvalue weighted by molar-refractivity contribution is 6.76. The topological polar surface area (TPSA) is 123 Å². The number of urea groups is 1. The van der Waals surface area contributed by atoms with E-state index in [-0.39, 0.29) is 18.2 Å². The quantitative estimate of drug-likeness (QED) is 0.221. The summed E-state index contributed by atoms with van der Waals surface area (Å²) >= 11 is 0. The Kier molecular flexibility index (Phi) is 10.5. The number of amides is 3. The number of nitrogens with zero attached hydrogens (tertiary/aromatic N) is 5. The fourth-order valence-electron chi connectivity index (χ4n) is 5.65. The monoisotopic (exact) mass is 651 g/mol. The van der Waals surface area contributed by atoms with Crippen LogP contribution in [0, 0.1) is 0 Å². The number of benzene rings is 1. The summed E-state index contributed by atoms with van der Waals surface area (Å²) in [6, 6.07) is 10.5. The van der Waals surface area contributed by atoms with E-state index in [9.17, 15) is 9.59 Å². The van der Waals surface area contributed by atoms with Gasteiger partial charge in [-0.15, -0.1) is 0 Å². The second-order valence-corrected chi connectivity index (χ2v) is 19.9. The van der Waals surface area contributed by atoms with Crippen LogP contribution in [0.1, 0.15) is 33.6 Å². The predicted molar refractivity (Wildman–Crippen MR) is 183 cm³/mol. The fraction of sp³-hybridized carbons (Fsp3) is 0.576. The zero-order chi connectivity index (χ0) is 32.9. The summed E-state index contributed by atoms with van der Waals surface area (Å²) < 4.78 is 19.4. The van der Waals surface area contributed by atoms with Crippen molar-refractivity contribution in [2.45, 2.75) is 77.7 Å².